The van der Waals surface area contributed by atoms with Gasteiger partial charge in [-0.1, -0.05) is 43.2 Å². The largest absolute Gasteiger partial charge is 0.456 e. The predicted molar refractivity (Wildman–Crippen MR) is 226 cm³/mol. The molecule has 2 aliphatic rings. The Labute approximate surface area is 350 Å². The summed E-state index contributed by atoms with van der Waals surface area (Å²) < 4.78 is 73.2. The Morgan fingerprint density at radius 3 is 2.45 bits per heavy atom. The number of amides is 1. The van der Waals surface area contributed by atoms with Gasteiger partial charge in [0.15, 0.2) is 0 Å². The molecule has 17 heteroatoms. The Hall–Kier alpha value is -5.58. The molecule has 0 unspecified atom stereocenters. The van der Waals surface area contributed by atoms with Crippen molar-refractivity contribution in [2.75, 3.05) is 49.5 Å². The lowest BCUT2D eigenvalue weighted by molar-refractivity contribution is -0.384. The highest BCUT2D eigenvalue weighted by atomic mass is 35.5. The van der Waals surface area contributed by atoms with Crippen molar-refractivity contribution in [2.24, 2.45) is 5.41 Å². The number of benzene rings is 4. The van der Waals surface area contributed by atoms with Gasteiger partial charge in [0.2, 0.25) is 0 Å². The summed E-state index contributed by atoms with van der Waals surface area (Å²) in [6.45, 7) is 7.74. The summed E-state index contributed by atoms with van der Waals surface area (Å²) >= 11 is 6.22. The number of allylic oxidation sites excluding steroid dienone is 1. The first-order valence-corrected chi connectivity index (χ1v) is 21.3. The van der Waals surface area contributed by atoms with E-state index in [9.17, 15) is 36.5 Å². The highest BCUT2D eigenvalue weighted by Gasteiger charge is 2.31. The number of sulfonamides is 1. The molecule has 2 heterocycles. The van der Waals surface area contributed by atoms with E-state index < -0.39 is 50.6 Å². The molecule has 0 spiro atoms. The summed E-state index contributed by atoms with van der Waals surface area (Å²) in [4.78, 5) is 31.8. The van der Waals surface area contributed by atoms with Crippen molar-refractivity contribution in [1.29, 1.82) is 0 Å². The maximum Gasteiger partial charge on any atom is 0.390 e. The van der Waals surface area contributed by atoms with Gasteiger partial charge in [0.05, 0.1) is 21.8 Å². The molecule has 1 amide bonds. The number of nitro benzene ring substituents is 1. The number of hydrogen-bond donors (Lipinski definition) is 3. The molecule has 0 bridgehead atoms. The number of anilines is 2. The molecule has 1 aliphatic heterocycles. The predicted octanol–water partition coefficient (Wildman–Crippen LogP) is 9.79. The first-order chi connectivity index (χ1) is 28.4. The van der Waals surface area contributed by atoms with Crippen molar-refractivity contribution in [2.45, 2.75) is 50.6 Å². The van der Waals surface area contributed by atoms with Crippen LogP contribution in [0.1, 0.15) is 55.5 Å². The number of carbonyl (C=O) groups excluding carboxylic acids is 1. The molecule has 0 atom stereocenters. The summed E-state index contributed by atoms with van der Waals surface area (Å²) in [5.41, 5.74) is 4.65. The first-order valence-electron chi connectivity index (χ1n) is 19.4. The molecule has 1 fully saturated rings. The van der Waals surface area contributed by atoms with Crippen LogP contribution in [0.2, 0.25) is 5.02 Å². The molecular weight excluding hydrogens is 821 g/mol. The van der Waals surface area contributed by atoms with Crippen LogP contribution in [0.4, 0.5) is 30.2 Å². The fourth-order valence-corrected chi connectivity index (χ4v) is 8.77. The molecule has 316 valence electrons. The summed E-state index contributed by atoms with van der Waals surface area (Å²) in [6.07, 6.45) is -0.874. The number of piperazine rings is 1. The Morgan fingerprint density at radius 1 is 0.983 bits per heavy atom. The lowest BCUT2D eigenvalue weighted by atomic mass is 9.72. The quantitative estimate of drug-likeness (QED) is 0.0777. The Kier molecular flexibility index (Phi) is 12.2. The molecule has 12 nitrogen and oxygen atoms in total. The maximum absolute atomic E-state index is 13.8. The minimum atomic E-state index is -4.71. The van der Waals surface area contributed by atoms with Gasteiger partial charge in [-0.2, -0.15) is 13.2 Å². The molecule has 0 radical (unpaired) electrons. The normalized spacial score (nSPS) is 16.2. The van der Waals surface area contributed by atoms with Gasteiger partial charge < -0.3 is 19.9 Å². The van der Waals surface area contributed by atoms with Crippen LogP contribution in [0.25, 0.3) is 16.5 Å². The second kappa shape index (κ2) is 17.2. The maximum atomic E-state index is 13.8. The van der Waals surface area contributed by atoms with Crippen LogP contribution in [0, 0.1) is 15.5 Å². The number of aromatic nitrogens is 1. The number of hydrogen-bond acceptors (Lipinski definition) is 9. The highest BCUT2D eigenvalue weighted by molar-refractivity contribution is 7.90. The molecular formula is C43H44ClF3N6O6S. The number of nitrogens with one attached hydrogen (secondary N) is 3. The van der Waals surface area contributed by atoms with Crippen molar-refractivity contribution < 1.29 is 36.0 Å². The van der Waals surface area contributed by atoms with Gasteiger partial charge >= 0.3 is 6.18 Å². The molecule has 4 aromatic carbocycles. The van der Waals surface area contributed by atoms with E-state index in [2.05, 4.69) is 46.1 Å². The number of aromatic amines is 1. The Morgan fingerprint density at radius 2 is 1.73 bits per heavy atom. The second-order valence-corrected chi connectivity index (χ2v) is 18.0. The van der Waals surface area contributed by atoms with Gasteiger partial charge in [-0.25, -0.2) is 13.1 Å². The van der Waals surface area contributed by atoms with E-state index in [1.54, 1.807) is 30.5 Å². The van der Waals surface area contributed by atoms with Gasteiger partial charge in [-0.3, -0.25) is 19.8 Å². The molecule has 3 N–H and O–H groups in total. The molecule has 1 aromatic heterocycles. The molecule has 7 rings (SSSR count). The van der Waals surface area contributed by atoms with Crippen LogP contribution >= 0.6 is 11.6 Å². The van der Waals surface area contributed by atoms with Crippen LogP contribution in [0.5, 0.6) is 11.5 Å². The minimum absolute atomic E-state index is 0.0790. The number of fused-ring (bicyclic) bond motifs is 1. The average molecular weight is 865 g/mol. The zero-order valence-corrected chi connectivity index (χ0v) is 34.5. The van der Waals surface area contributed by atoms with E-state index in [4.69, 9.17) is 16.3 Å². The summed E-state index contributed by atoms with van der Waals surface area (Å²) in [6, 6.07) is 22.8. The average Bonchev–Trinajstić information content (AvgIpc) is 3.66. The van der Waals surface area contributed by atoms with Crippen LogP contribution in [0.15, 0.2) is 102 Å². The van der Waals surface area contributed by atoms with Gasteiger partial charge in [0.25, 0.3) is 21.6 Å². The Bertz CT molecular complexity index is 2550. The molecule has 0 saturated carbocycles. The van der Waals surface area contributed by atoms with Crippen LogP contribution in [0.3, 0.4) is 0 Å². The number of carbonyl (C=O) groups is 1. The second-order valence-electron chi connectivity index (χ2n) is 15.9. The van der Waals surface area contributed by atoms with Crippen LogP contribution < -0.4 is 19.7 Å². The number of nitro groups is 1. The van der Waals surface area contributed by atoms with Crippen LogP contribution in [-0.4, -0.2) is 74.6 Å². The molecule has 60 heavy (non-hydrogen) atoms. The van der Waals surface area contributed by atoms with Crippen LogP contribution in [-0.2, 0) is 10.0 Å². The van der Waals surface area contributed by atoms with Gasteiger partial charge in [-0.05, 0) is 96.5 Å². The number of ether oxygens (including phenoxy) is 1. The summed E-state index contributed by atoms with van der Waals surface area (Å²) in [7, 11) is -4.71. The van der Waals surface area contributed by atoms with E-state index >= 15 is 0 Å². The standard InChI is InChI=1S/C43H44ClF3N6O6S/c1-42(2)15-13-30(36(26-42)28-3-5-31(44)6-4-28)27-51-19-21-52(22-20-51)32-7-10-35(40(24-32)59-33-8-11-37-29(23-33)14-17-48-37)41(54)50-60(57,58)34-9-12-38(39(25-34)53(55)56)49-18-16-43(45,46)47/h3-12,14,17,23-25,48-49H,13,15-16,18-22,26-27H2,1-2H3,(H,50,54). The van der Waals surface area contributed by atoms with Crippen molar-refractivity contribution in [3.8, 4) is 11.5 Å². The number of rotatable bonds is 13. The number of H-pyrrole nitrogens is 1. The lowest BCUT2D eigenvalue weighted by Crippen LogP contribution is -2.47. The smallest absolute Gasteiger partial charge is 0.390 e. The third-order valence-corrected chi connectivity index (χ3v) is 12.5. The summed E-state index contributed by atoms with van der Waals surface area (Å²) in [5.74, 6) is -0.583. The first kappa shape index (κ1) is 42.5. The van der Waals surface area contributed by atoms with E-state index in [0.717, 1.165) is 67.6 Å². The minimum Gasteiger partial charge on any atom is -0.456 e. The van der Waals surface area contributed by atoms with Crippen molar-refractivity contribution in [1.82, 2.24) is 14.6 Å². The van der Waals surface area contributed by atoms with E-state index in [-0.39, 0.29) is 22.4 Å². The zero-order chi connectivity index (χ0) is 42.8. The Balaban J connectivity index is 1.10. The van der Waals surface area contributed by atoms with E-state index in [1.165, 1.54) is 22.8 Å². The van der Waals surface area contributed by atoms with E-state index in [0.29, 0.717) is 29.9 Å². The van der Waals surface area contributed by atoms with Crippen molar-refractivity contribution in [3.63, 3.8) is 0 Å². The van der Waals surface area contributed by atoms with Gasteiger partial charge in [-0.15, -0.1) is 0 Å². The van der Waals surface area contributed by atoms with Crippen molar-refractivity contribution in [3.05, 3.63) is 123 Å². The number of nitrogens with zero attached hydrogens (tertiary/aromatic N) is 3. The third kappa shape index (κ3) is 10.2. The zero-order valence-electron chi connectivity index (χ0n) is 32.9. The monoisotopic (exact) mass is 864 g/mol. The molecule has 1 saturated heterocycles. The van der Waals surface area contributed by atoms with Crippen molar-refractivity contribution >= 4 is 61.1 Å². The SMILES string of the molecule is CC1(C)CCC(CN2CCN(c3ccc(C(=O)NS(=O)(=O)c4ccc(NCCC(F)(F)F)c([N+](=O)[O-])c4)c(Oc4ccc5[nH]ccc5c4)c3)CC2)=C(c2ccc(Cl)cc2)C1. The topological polar surface area (TPSA) is 150 Å². The number of halogens is 4. The summed E-state index contributed by atoms with van der Waals surface area (Å²) in [5, 5.41) is 15.7. The lowest BCUT2D eigenvalue weighted by Gasteiger charge is -2.39. The number of alkyl halides is 3. The van der Waals surface area contributed by atoms with Gasteiger partial charge in [0, 0.05) is 79.2 Å². The van der Waals surface area contributed by atoms with Gasteiger partial charge in [0.1, 0.15) is 17.2 Å². The molecule has 5 aromatic rings. The highest BCUT2D eigenvalue weighted by Crippen LogP contribution is 2.43. The fourth-order valence-electron chi connectivity index (χ4n) is 7.65. The van der Waals surface area contributed by atoms with E-state index in [1.807, 2.05) is 29.0 Å². The molecule has 1 aliphatic carbocycles. The third-order valence-electron chi connectivity index (χ3n) is 10.9. The fraction of sp³-hybridized carbons (Fsp3) is 0.326.